The Labute approximate surface area is 103 Å². The third-order valence-electron chi connectivity index (χ3n) is 3.18. The number of methoxy groups -OCH3 is 1. The highest BCUT2D eigenvalue weighted by atomic mass is 16.5. The molecule has 17 heavy (non-hydrogen) atoms. The summed E-state index contributed by atoms with van der Waals surface area (Å²) >= 11 is 0. The highest BCUT2D eigenvalue weighted by molar-refractivity contribution is 5.78. The van der Waals surface area contributed by atoms with E-state index >= 15 is 0 Å². The first-order chi connectivity index (χ1) is 7.87. The SMILES string of the molecule is COC1CCN(CC(C)(NC(C)C)C(=O)O)C1. The summed E-state index contributed by atoms with van der Waals surface area (Å²) in [5.41, 5.74) is -0.892. The minimum atomic E-state index is -0.892. The minimum absolute atomic E-state index is 0.150. The van der Waals surface area contributed by atoms with Crippen LogP contribution in [0.25, 0.3) is 0 Å². The van der Waals surface area contributed by atoms with E-state index in [4.69, 9.17) is 4.74 Å². The van der Waals surface area contributed by atoms with E-state index in [0.29, 0.717) is 6.54 Å². The van der Waals surface area contributed by atoms with Gasteiger partial charge in [0.05, 0.1) is 6.10 Å². The molecule has 1 saturated heterocycles. The van der Waals surface area contributed by atoms with Crippen LogP contribution in [0.1, 0.15) is 27.2 Å². The van der Waals surface area contributed by atoms with E-state index < -0.39 is 11.5 Å². The Morgan fingerprint density at radius 2 is 2.29 bits per heavy atom. The van der Waals surface area contributed by atoms with E-state index in [1.165, 1.54) is 0 Å². The maximum atomic E-state index is 11.4. The Hall–Kier alpha value is -0.650. The number of likely N-dealkylation sites (tertiary alicyclic amines) is 1. The maximum Gasteiger partial charge on any atom is 0.324 e. The van der Waals surface area contributed by atoms with Crippen LogP contribution in [-0.4, -0.2) is 60.4 Å². The van der Waals surface area contributed by atoms with Crippen LogP contribution >= 0.6 is 0 Å². The first-order valence-corrected chi connectivity index (χ1v) is 6.13. The predicted molar refractivity (Wildman–Crippen MR) is 66.2 cm³/mol. The molecule has 1 fully saturated rings. The average molecular weight is 244 g/mol. The molecule has 100 valence electrons. The van der Waals surface area contributed by atoms with Crippen LogP contribution in [0.5, 0.6) is 0 Å². The van der Waals surface area contributed by atoms with Crippen molar-refractivity contribution in [2.45, 2.75) is 44.9 Å². The summed E-state index contributed by atoms with van der Waals surface area (Å²) in [6.45, 7) is 7.91. The van der Waals surface area contributed by atoms with Crippen LogP contribution in [0.15, 0.2) is 0 Å². The van der Waals surface area contributed by atoms with E-state index in [1.54, 1.807) is 14.0 Å². The molecule has 1 heterocycles. The van der Waals surface area contributed by atoms with Gasteiger partial charge in [-0.3, -0.25) is 15.0 Å². The number of carboxylic acids is 1. The van der Waals surface area contributed by atoms with Crippen molar-refractivity contribution in [2.75, 3.05) is 26.7 Å². The smallest absolute Gasteiger partial charge is 0.324 e. The van der Waals surface area contributed by atoms with Gasteiger partial charge in [-0.2, -0.15) is 0 Å². The van der Waals surface area contributed by atoms with Crippen molar-refractivity contribution in [2.24, 2.45) is 0 Å². The summed E-state index contributed by atoms with van der Waals surface area (Å²) < 4.78 is 5.29. The van der Waals surface area contributed by atoms with Crippen molar-refractivity contribution in [1.82, 2.24) is 10.2 Å². The third-order valence-corrected chi connectivity index (χ3v) is 3.18. The van der Waals surface area contributed by atoms with Gasteiger partial charge in [-0.05, 0) is 27.2 Å². The number of carboxylic acid groups (broad SMARTS) is 1. The van der Waals surface area contributed by atoms with E-state index in [2.05, 4.69) is 10.2 Å². The number of carbonyl (C=O) groups is 1. The molecule has 0 radical (unpaired) electrons. The molecule has 0 spiro atoms. The molecule has 2 unspecified atom stereocenters. The van der Waals surface area contributed by atoms with Gasteiger partial charge in [0.2, 0.25) is 0 Å². The number of hydrogen-bond acceptors (Lipinski definition) is 4. The molecular weight excluding hydrogens is 220 g/mol. The molecule has 2 N–H and O–H groups in total. The van der Waals surface area contributed by atoms with Crippen molar-refractivity contribution >= 4 is 5.97 Å². The van der Waals surface area contributed by atoms with Gasteiger partial charge in [0.25, 0.3) is 0 Å². The summed E-state index contributed by atoms with van der Waals surface area (Å²) in [5.74, 6) is -0.799. The Balaban J connectivity index is 2.58. The minimum Gasteiger partial charge on any atom is -0.480 e. The fourth-order valence-corrected chi connectivity index (χ4v) is 2.39. The Bertz CT molecular complexity index is 270. The molecule has 0 amide bonds. The Morgan fingerprint density at radius 3 is 2.71 bits per heavy atom. The molecule has 0 saturated carbocycles. The summed E-state index contributed by atoms with van der Waals surface area (Å²) in [4.78, 5) is 13.5. The highest BCUT2D eigenvalue weighted by Crippen LogP contribution is 2.16. The van der Waals surface area contributed by atoms with Gasteiger partial charge in [0.15, 0.2) is 0 Å². The fraction of sp³-hybridized carbons (Fsp3) is 0.917. The summed E-state index contributed by atoms with van der Waals surface area (Å²) in [6.07, 6.45) is 1.22. The van der Waals surface area contributed by atoms with E-state index in [0.717, 1.165) is 19.5 Å². The Morgan fingerprint density at radius 1 is 1.65 bits per heavy atom. The molecule has 5 heteroatoms. The van der Waals surface area contributed by atoms with Crippen molar-refractivity contribution in [3.05, 3.63) is 0 Å². The third kappa shape index (κ3) is 3.94. The number of aliphatic carboxylic acids is 1. The average Bonchev–Trinajstić information content (AvgIpc) is 2.63. The molecule has 2 atom stereocenters. The lowest BCUT2D eigenvalue weighted by atomic mass is 10.0. The molecule has 1 aliphatic heterocycles. The summed E-state index contributed by atoms with van der Waals surface area (Å²) in [6, 6.07) is 0.150. The van der Waals surface area contributed by atoms with Crippen molar-refractivity contribution in [3.63, 3.8) is 0 Å². The lowest BCUT2D eigenvalue weighted by Gasteiger charge is -2.32. The van der Waals surface area contributed by atoms with Crippen LogP contribution in [0.4, 0.5) is 0 Å². The van der Waals surface area contributed by atoms with Gasteiger partial charge in [-0.1, -0.05) is 0 Å². The second-order valence-electron chi connectivity index (χ2n) is 5.32. The van der Waals surface area contributed by atoms with E-state index in [9.17, 15) is 9.90 Å². The second-order valence-corrected chi connectivity index (χ2v) is 5.32. The van der Waals surface area contributed by atoms with Crippen LogP contribution in [0.3, 0.4) is 0 Å². The van der Waals surface area contributed by atoms with Gasteiger partial charge in [0, 0.05) is 32.8 Å². The van der Waals surface area contributed by atoms with Crippen molar-refractivity contribution in [1.29, 1.82) is 0 Å². The number of nitrogens with zero attached hydrogens (tertiary/aromatic N) is 1. The van der Waals surface area contributed by atoms with E-state index in [1.807, 2.05) is 13.8 Å². The molecule has 0 aromatic heterocycles. The zero-order chi connectivity index (χ0) is 13.1. The molecule has 1 aliphatic rings. The normalized spacial score (nSPS) is 25.1. The number of hydrogen-bond donors (Lipinski definition) is 2. The highest BCUT2D eigenvalue weighted by Gasteiger charge is 2.37. The zero-order valence-electron chi connectivity index (χ0n) is 11.2. The van der Waals surface area contributed by atoms with Gasteiger partial charge in [-0.15, -0.1) is 0 Å². The Kier molecular flexibility index (Phi) is 4.91. The molecule has 1 rings (SSSR count). The monoisotopic (exact) mass is 244 g/mol. The van der Waals surface area contributed by atoms with Crippen LogP contribution < -0.4 is 5.32 Å². The second kappa shape index (κ2) is 5.80. The van der Waals surface area contributed by atoms with Crippen LogP contribution in [0, 0.1) is 0 Å². The van der Waals surface area contributed by atoms with Crippen LogP contribution in [-0.2, 0) is 9.53 Å². The molecule has 0 aromatic rings. The summed E-state index contributed by atoms with van der Waals surface area (Å²) in [5, 5.41) is 12.5. The van der Waals surface area contributed by atoms with Crippen LogP contribution in [0.2, 0.25) is 0 Å². The number of ether oxygens (including phenoxy) is 1. The lowest BCUT2D eigenvalue weighted by molar-refractivity contribution is -0.145. The molecule has 5 nitrogen and oxygen atoms in total. The molecule has 0 aromatic carbocycles. The number of rotatable bonds is 6. The van der Waals surface area contributed by atoms with Gasteiger partial charge in [-0.25, -0.2) is 0 Å². The standard InChI is InChI=1S/C12H24N2O3/c1-9(2)13-12(3,11(15)16)8-14-6-5-10(7-14)17-4/h9-10,13H,5-8H2,1-4H3,(H,15,16). The first-order valence-electron chi connectivity index (χ1n) is 6.13. The topological polar surface area (TPSA) is 61.8 Å². The molecule has 0 bridgehead atoms. The zero-order valence-corrected chi connectivity index (χ0v) is 11.2. The predicted octanol–water partition coefficient (Wildman–Crippen LogP) is 0.548. The first kappa shape index (κ1) is 14.4. The number of nitrogens with one attached hydrogen (secondary N) is 1. The van der Waals surface area contributed by atoms with Gasteiger partial charge < -0.3 is 9.84 Å². The summed E-state index contributed by atoms with van der Waals surface area (Å²) in [7, 11) is 1.71. The fourth-order valence-electron chi connectivity index (χ4n) is 2.39. The van der Waals surface area contributed by atoms with Crippen molar-refractivity contribution < 1.29 is 14.6 Å². The molecular formula is C12H24N2O3. The van der Waals surface area contributed by atoms with E-state index in [-0.39, 0.29) is 12.1 Å². The lowest BCUT2D eigenvalue weighted by Crippen LogP contribution is -2.58. The van der Waals surface area contributed by atoms with Gasteiger partial charge in [0.1, 0.15) is 5.54 Å². The van der Waals surface area contributed by atoms with Gasteiger partial charge >= 0.3 is 5.97 Å². The van der Waals surface area contributed by atoms with Crippen molar-refractivity contribution in [3.8, 4) is 0 Å². The maximum absolute atomic E-state index is 11.4. The molecule has 0 aliphatic carbocycles. The quantitative estimate of drug-likeness (QED) is 0.714. The largest absolute Gasteiger partial charge is 0.480 e.